The molecule has 1 heterocycles. The Morgan fingerprint density at radius 3 is 2.05 bits per heavy atom. The minimum Gasteiger partial charge on any atom is -0.215 e. The lowest BCUT2D eigenvalue weighted by atomic mass is 9.99. The van der Waals surface area contributed by atoms with Gasteiger partial charge in [-0.2, -0.15) is 0 Å². The first-order valence-corrected chi connectivity index (χ1v) is 11.1. The molecule has 1 N–H and O–H groups in total. The number of hydrogen-bond donors (Lipinski definition) is 1. The van der Waals surface area contributed by atoms with Gasteiger partial charge in [0.25, 0.3) is 0 Å². The van der Waals surface area contributed by atoms with Crippen LogP contribution in [0.3, 0.4) is 0 Å². The first-order valence-electron chi connectivity index (χ1n) is 7.72. The zero-order valence-corrected chi connectivity index (χ0v) is 14.3. The molecule has 6 nitrogen and oxygen atoms in total. The van der Waals surface area contributed by atoms with E-state index in [0.29, 0.717) is 19.6 Å². The summed E-state index contributed by atoms with van der Waals surface area (Å²) in [6.07, 6.45) is 7.33. The van der Waals surface area contributed by atoms with E-state index in [-0.39, 0.29) is 11.2 Å². The Kier molecular flexibility index (Phi) is 5.67. The molecule has 1 saturated heterocycles. The van der Waals surface area contributed by atoms with Crippen LogP contribution in [0, 0.1) is 5.92 Å². The van der Waals surface area contributed by atoms with Crippen molar-refractivity contribution in [3.63, 3.8) is 0 Å². The Bertz CT molecular complexity index is 531. The molecule has 0 bridgehead atoms. The number of nitrogens with zero attached hydrogens (tertiary/aromatic N) is 1. The van der Waals surface area contributed by atoms with E-state index in [2.05, 4.69) is 4.72 Å². The summed E-state index contributed by atoms with van der Waals surface area (Å²) in [4.78, 5) is 0. The molecule has 1 aliphatic heterocycles. The maximum Gasteiger partial charge on any atom is 0.214 e. The first kappa shape index (κ1) is 17.2. The van der Waals surface area contributed by atoms with Gasteiger partial charge < -0.3 is 0 Å². The van der Waals surface area contributed by atoms with Gasteiger partial charge in [-0.1, -0.05) is 19.3 Å². The Labute approximate surface area is 128 Å². The average Bonchev–Trinajstić information content (AvgIpc) is 2.46. The molecule has 0 aromatic carbocycles. The predicted molar refractivity (Wildman–Crippen MR) is 82.9 cm³/mol. The van der Waals surface area contributed by atoms with Gasteiger partial charge in [-0.05, 0) is 31.6 Å². The third-order valence-electron chi connectivity index (χ3n) is 4.61. The van der Waals surface area contributed by atoms with Crippen molar-refractivity contribution in [3.8, 4) is 0 Å². The van der Waals surface area contributed by atoms with Crippen molar-refractivity contribution in [1.82, 2.24) is 9.03 Å². The van der Waals surface area contributed by atoms with Gasteiger partial charge in [0.05, 0.1) is 11.5 Å². The zero-order valence-electron chi connectivity index (χ0n) is 12.6. The van der Waals surface area contributed by atoms with E-state index >= 15 is 0 Å². The summed E-state index contributed by atoms with van der Waals surface area (Å²) in [5.41, 5.74) is 0. The normalized spacial score (nSPS) is 24.2. The van der Waals surface area contributed by atoms with Crippen LogP contribution in [0.2, 0.25) is 0 Å². The van der Waals surface area contributed by atoms with Gasteiger partial charge in [0.1, 0.15) is 0 Å². The molecule has 0 atom stereocenters. The van der Waals surface area contributed by atoms with E-state index in [1.54, 1.807) is 0 Å². The smallest absolute Gasteiger partial charge is 0.214 e. The molecule has 0 radical (unpaired) electrons. The third kappa shape index (κ3) is 4.91. The van der Waals surface area contributed by atoms with E-state index in [1.807, 2.05) is 0 Å². The Balaban J connectivity index is 1.79. The largest absolute Gasteiger partial charge is 0.215 e. The summed E-state index contributed by atoms with van der Waals surface area (Å²) < 4.78 is 51.6. The van der Waals surface area contributed by atoms with Crippen LogP contribution in [-0.4, -0.2) is 52.3 Å². The van der Waals surface area contributed by atoms with Crippen molar-refractivity contribution in [2.75, 3.05) is 25.9 Å². The summed E-state index contributed by atoms with van der Waals surface area (Å²) >= 11 is 0. The van der Waals surface area contributed by atoms with Crippen molar-refractivity contribution < 1.29 is 16.8 Å². The molecule has 0 amide bonds. The van der Waals surface area contributed by atoms with E-state index < -0.39 is 20.0 Å². The number of nitrogens with one attached hydrogen (secondary N) is 1. The fourth-order valence-electron chi connectivity index (χ4n) is 3.17. The van der Waals surface area contributed by atoms with Crippen LogP contribution < -0.4 is 4.72 Å². The van der Waals surface area contributed by atoms with E-state index in [4.69, 9.17) is 0 Å². The standard InChI is InChI=1S/C13H26N2O4S2/c1-20(16,17)15-9-7-12(8-10-15)11-14-21(18,19)13-5-3-2-4-6-13/h12-14H,2-11H2,1H3. The molecular weight excluding hydrogens is 312 g/mol. The summed E-state index contributed by atoms with van der Waals surface area (Å²) in [5.74, 6) is 0.237. The third-order valence-corrected chi connectivity index (χ3v) is 7.83. The number of rotatable bonds is 5. The van der Waals surface area contributed by atoms with Crippen LogP contribution in [0.15, 0.2) is 0 Å². The highest BCUT2D eigenvalue weighted by molar-refractivity contribution is 7.90. The van der Waals surface area contributed by atoms with Gasteiger partial charge in [-0.15, -0.1) is 0 Å². The molecule has 2 rings (SSSR count). The maximum absolute atomic E-state index is 12.2. The summed E-state index contributed by atoms with van der Waals surface area (Å²) in [6.45, 7) is 1.43. The molecule has 0 unspecified atom stereocenters. The van der Waals surface area contributed by atoms with Crippen LogP contribution in [-0.2, 0) is 20.0 Å². The molecule has 1 saturated carbocycles. The average molecular weight is 338 g/mol. The van der Waals surface area contributed by atoms with Crippen LogP contribution >= 0.6 is 0 Å². The minimum atomic E-state index is -3.21. The number of piperidine rings is 1. The molecule has 0 aromatic rings. The molecule has 2 fully saturated rings. The highest BCUT2D eigenvalue weighted by atomic mass is 32.2. The lowest BCUT2D eigenvalue weighted by molar-refractivity contribution is 0.275. The molecule has 0 aromatic heterocycles. The summed E-state index contributed by atoms with van der Waals surface area (Å²) in [5, 5.41) is -0.234. The van der Waals surface area contributed by atoms with E-state index in [1.165, 1.54) is 10.6 Å². The molecule has 124 valence electrons. The van der Waals surface area contributed by atoms with Gasteiger partial charge in [0, 0.05) is 19.6 Å². The second-order valence-electron chi connectivity index (χ2n) is 6.26. The van der Waals surface area contributed by atoms with Crippen LogP contribution in [0.5, 0.6) is 0 Å². The monoisotopic (exact) mass is 338 g/mol. The SMILES string of the molecule is CS(=O)(=O)N1CCC(CNS(=O)(=O)C2CCCCC2)CC1. The Morgan fingerprint density at radius 2 is 1.52 bits per heavy atom. The Hall–Kier alpha value is -0.180. The molecule has 0 spiro atoms. The highest BCUT2D eigenvalue weighted by Crippen LogP contribution is 2.24. The van der Waals surface area contributed by atoms with Gasteiger partial charge in [0.2, 0.25) is 20.0 Å². The number of hydrogen-bond acceptors (Lipinski definition) is 4. The van der Waals surface area contributed by atoms with Gasteiger partial charge in [-0.3, -0.25) is 0 Å². The summed E-state index contributed by atoms with van der Waals surface area (Å²) in [6, 6.07) is 0. The molecule has 8 heteroatoms. The zero-order chi connectivity index (χ0) is 15.5. The predicted octanol–water partition coefficient (Wildman–Crippen LogP) is 0.910. The molecular formula is C13H26N2O4S2. The van der Waals surface area contributed by atoms with Crippen molar-refractivity contribution in [2.24, 2.45) is 5.92 Å². The topological polar surface area (TPSA) is 83.6 Å². The van der Waals surface area contributed by atoms with Crippen molar-refractivity contribution in [1.29, 1.82) is 0 Å². The molecule has 21 heavy (non-hydrogen) atoms. The summed E-state index contributed by atoms with van der Waals surface area (Å²) in [7, 11) is -6.32. The maximum atomic E-state index is 12.2. The van der Waals surface area contributed by atoms with E-state index in [0.717, 1.165) is 44.9 Å². The second kappa shape index (κ2) is 6.93. The fraction of sp³-hybridized carbons (Fsp3) is 1.00. The fourth-order valence-corrected chi connectivity index (χ4v) is 5.70. The Morgan fingerprint density at radius 1 is 0.952 bits per heavy atom. The van der Waals surface area contributed by atoms with Crippen molar-refractivity contribution >= 4 is 20.0 Å². The second-order valence-corrected chi connectivity index (χ2v) is 10.3. The lowest BCUT2D eigenvalue weighted by Crippen LogP contribution is -2.43. The van der Waals surface area contributed by atoms with Crippen LogP contribution in [0.1, 0.15) is 44.9 Å². The minimum absolute atomic E-state index is 0.234. The van der Waals surface area contributed by atoms with Crippen LogP contribution in [0.25, 0.3) is 0 Å². The highest BCUT2D eigenvalue weighted by Gasteiger charge is 2.29. The molecule has 1 aliphatic carbocycles. The molecule has 2 aliphatic rings. The lowest BCUT2D eigenvalue weighted by Gasteiger charge is -2.31. The first-order chi connectivity index (χ1) is 9.79. The van der Waals surface area contributed by atoms with Gasteiger partial charge in [0.15, 0.2) is 0 Å². The number of sulfonamides is 2. The van der Waals surface area contributed by atoms with E-state index in [9.17, 15) is 16.8 Å². The van der Waals surface area contributed by atoms with Gasteiger partial charge >= 0.3 is 0 Å². The van der Waals surface area contributed by atoms with Crippen molar-refractivity contribution in [3.05, 3.63) is 0 Å². The quantitative estimate of drug-likeness (QED) is 0.807. The van der Waals surface area contributed by atoms with Crippen molar-refractivity contribution in [2.45, 2.75) is 50.2 Å². The van der Waals surface area contributed by atoms with Crippen LogP contribution in [0.4, 0.5) is 0 Å². The van der Waals surface area contributed by atoms with Gasteiger partial charge in [-0.25, -0.2) is 25.9 Å².